The first kappa shape index (κ1) is 37.1. The van der Waals surface area contributed by atoms with Crippen LogP contribution in [0.15, 0.2) is 64.5 Å². The topological polar surface area (TPSA) is 38.7 Å². The number of halogens is 17. The molecule has 0 saturated carbocycles. The molecular formula is C23H14F17NO2S. The molecule has 0 fully saturated rings. The molecular weight excluding hydrogens is 677 g/mol. The van der Waals surface area contributed by atoms with Gasteiger partial charge in [-0.25, -0.2) is 0 Å². The van der Waals surface area contributed by atoms with Gasteiger partial charge in [-0.3, -0.25) is 9.20 Å². The van der Waals surface area contributed by atoms with E-state index in [0.29, 0.717) is 12.1 Å². The molecule has 0 N–H and O–H groups in total. The summed E-state index contributed by atoms with van der Waals surface area (Å²) in [5, 5.41) is 0. The summed E-state index contributed by atoms with van der Waals surface area (Å²) in [6.45, 7) is 0. The van der Waals surface area contributed by atoms with Crippen molar-refractivity contribution >= 4 is 22.2 Å². The third-order valence-corrected chi connectivity index (χ3v) is 7.03. The third kappa shape index (κ3) is 5.82. The monoisotopic (exact) mass is 691 g/mol. The summed E-state index contributed by atoms with van der Waals surface area (Å²) in [4.78, 5) is 2.38. The van der Waals surface area contributed by atoms with E-state index in [4.69, 9.17) is 4.74 Å². The quantitative estimate of drug-likeness (QED) is 0.165. The van der Waals surface area contributed by atoms with Crippen LogP contribution in [-0.2, 0) is 10.8 Å². The third-order valence-electron chi connectivity index (χ3n) is 5.69. The summed E-state index contributed by atoms with van der Waals surface area (Å²) in [6.07, 6.45) is -7.85. The number of aliphatic imine (C=N–C) groups is 1. The molecule has 2 aromatic carbocycles. The van der Waals surface area contributed by atoms with Gasteiger partial charge in [-0.15, -0.1) is 0 Å². The molecule has 0 aliphatic rings. The minimum atomic E-state index is -8.76. The van der Waals surface area contributed by atoms with Crippen molar-refractivity contribution in [2.24, 2.45) is 4.99 Å². The smallest absolute Gasteiger partial charge is 0.460 e. The molecule has 0 aromatic heterocycles. The zero-order chi connectivity index (χ0) is 34.4. The number of hydrogen-bond acceptors (Lipinski definition) is 3. The molecule has 248 valence electrons. The highest BCUT2D eigenvalue weighted by atomic mass is 32.2. The van der Waals surface area contributed by atoms with E-state index in [9.17, 15) is 70.1 Å². The number of methoxy groups -OCH3 is 1. The van der Waals surface area contributed by atoms with Crippen molar-refractivity contribution in [1.29, 1.82) is 0 Å². The van der Waals surface area contributed by atoms with Gasteiger partial charge in [0.1, 0.15) is 11.5 Å². The van der Waals surface area contributed by atoms with Gasteiger partial charge in [0.15, 0.2) is 0 Å². The first-order valence-electron chi connectivity index (χ1n) is 11.0. The van der Waals surface area contributed by atoms with Gasteiger partial charge in [-0.1, -0.05) is 18.2 Å². The molecule has 0 saturated heterocycles. The van der Waals surface area contributed by atoms with Crippen LogP contribution in [0.5, 0.6) is 5.75 Å². The summed E-state index contributed by atoms with van der Waals surface area (Å²) < 4.78 is 251. The predicted molar refractivity (Wildman–Crippen MR) is 118 cm³/mol. The van der Waals surface area contributed by atoms with Gasteiger partial charge in [0.2, 0.25) is 0 Å². The lowest BCUT2D eigenvalue weighted by Gasteiger charge is -2.42. The number of alkyl halides is 17. The first-order chi connectivity index (χ1) is 19.6. The summed E-state index contributed by atoms with van der Waals surface area (Å²) in [5.74, 6) is -60.0. The van der Waals surface area contributed by atoms with Gasteiger partial charge >= 0.3 is 47.6 Å². The summed E-state index contributed by atoms with van der Waals surface area (Å²) in [7, 11) is -1.89. The molecule has 44 heavy (non-hydrogen) atoms. The maximum absolute atomic E-state index is 15.1. The van der Waals surface area contributed by atoms with Crippen LogP contribution >= 0.6 is 0 Å². The van der Waals surface area contributed by atoms with E-state index < -0.39 is 80.5 Å². The normalized spacial score (nSPS) is 15.7. The Morgan fingerprint density at radius 2 is 1.02 bits per heavy atom. The summed E-state index contributed by atoms with van der Waals surface area (Å²) in [6, 6.07) is 8.41. The average molecular weight is 691 g/mol. The maximum atomic E-state index is 15.1. The molecule has 21 heteroatoms. The Bertz CT molecular complexity index is 1360. The number of rotatable bonds is 12. The van der Waals surface area contributed by atoms with Crippen molar-refractivity contribution < 1.29 is 83.6 Å². The van der Waals surface area contributed by atoms with Crippen LogP contribution in [0.2, 0.25) is 0 Å². The van der Waals surface area contributed by atoms with Crippen LogP contribution in [0.25, 0.3) is 0 Å². The van der Waals surface area contributed by atoms with Gasteiger partial charge < -0.3 is 4.74 Å². The fourth-order valence-corrected chi connectivity index (χ4v) is 4.25. The van der Waals surface area contributed by atoms with E-state index in [1.165, 1.54) is 6.07 Å². The van der Waals surface area contributed by atoms with Crippen molar-refractivity contribution in [2.45, 2.75) is 52.5 Å². The molecule has 2 rings (SSSR count). The van der Waals surface area contributed by atoms with Crippen molar-refractivity contribution in [3.05, 3.63) is 54.6 Å². The second-order valence-electron chi connectivity index (χ2n) is 8.58. The van der Waals surface area contributed by atoms with Crippen LogP contribution < -0.4 is 4.74 Å². The van der Waals surface area contributed by atoms with Gasteiger partial charge in [0.05, 0.1) is 29.3 Å². The van der Waals surface area contributed by atoms with Crippen LogP contribution in [0.4, 0.5) is 80.3 Å². The van der Waals surface area contributed by atoms with Crippen molar-refractivity contribution in [3.63, 3.8) is 0 Å². The highest BCUT2D eigenvalue weighted by molar-refractivity contribution is 7.85. The minimum Gasteiger partial charge on any atom is -0.497 e. The molecule has 0 aliphatic carbocycles. The summed E-state index contributed by atoms with van der Waals surface area (Å²) in [5.41, 5.74) is -3.60. The second kappa shape index (κ2) is 11.7. The van der Waals surface area contributed by atoms with E-state index in [0.717, 1.165) is 43.5 Å². The predicted octanol–water partition coefficient (Wildman–Crippen LogP) is 8.58. The first-order valence-corrected chi connectivity index (χ1v) is 12.3. The van der Waals surface area contributed by atoms with E-state index in [1.54, 1.807) is 0 Å². The molecule has 0 aliphatic heterocycles. The number of nitrogens with zero attached hydrogens (tertiary/aromatic N) is 1. The molecule has 1 atom stereocenters. The van der Waals surface area contributed by atoms with Crippen LogP contribution in [0, 0.1) is 0 Å². The lowest BCUT2D eigenvalue weighted by Crippen LogP contribution is -2.75. The zero-order valence-corrected chi connectivity index (χ0v) is 21.8. The number of ether oxygens (including phenoxy) is 1. The number of benzene rings is 2. The van der Waals surface area contributed by atoms with Gasteiger partial charge in [-0.2, -0.15) is 74.6 Å². The van der Waals surface area contributed by atoms with E-state index in [1.807, 2.05) is 0 Å². The highest BCUT2D eigenvalue weighted by Crippen LogP contribution is 2.64. The van der Waals surface area contributed by atoms with E-state index in [2.05, 4.69) is 4.99 Å². The fourth-order valence-electron chi connectivity index (χ4n) is 3.13. The second-order valence-corrected chi connectivity index (χ2v) is 10.0. The Labute approximate surface area is 237 Å². The Hall–Kier alpha value is -3.13. The highest BCUT2D eigenvalue weighted by Gasteiger charge is 2.95. The molecule has 2 aromatic rings. The molecule has 0 heterocycles. The van der Waals surface area contributed by atoms with Crippen molar-refractivity contribution in [1.82, 2.24) is 0 Å². The SMILES string of the molecule is COc1ccc(N=C(CS(=O)c2ccccc2)C(F)(F)C(F)(F)C(F)(F)C(F)(F)C(F)(F)C(F)(F)C(F)(F)C(F)(F)F)cc1. The maximum Gasteiger partial charge on any atom is 0.460 e. The molecule has 0 spiro atoms. The Balaban J connectivity index is 2.76. The fraction of sp³-hybridized carbons (Fsp3) is 0.435. The average Bonchev–Trinajstić information content (AvgIpc) is 2.92. The minimum absolute atomic E-state index is 0.0551. The van der Waals surface area contributed by atoms with Crippen LogP contribution in [0.3, 0.4) is 0 Å². The zero-order valence-electron chi connectivity index (χ0n) is 21.0. The van der Waals surface area contributed by atoms with E-state index in [-0.39, 0.29) is 5.75 Å². The van der Waals surface area contributed by atoms with Crippen molar-refractivity contribution in [2.75, 3.05) is 12.9 Å². The molecule has 0 amide bonds. The van der Waals surface area contributed by atoms with E-state index >= 15 is 8.78 Å². The summed E-state index contributed by atoms with van der Waals surface area (Å²) >= 11 is 0. The van der Waals surface area contributed by atoms with Crippen LogP contribution in [0.1, 0.15) is 0 Å². The standard InChI is InChI=1S/C23H14F17NO2S/c1-43-13-9-7-12(8-10-13)41-15(11-44(42)14-5-3-2-4-6-14)16(24,25)17(26,27)18(28,29)19(30,31)20(32,33)21(34,35)22(36,37)23(38,39)40/h2-10H,11H2,1H3. The molecule has 1 unspecified atom stereocenters. The number of hydrogen-bond donors (Lipinski definition) is 0. The Morgan fingerprint density at radius 3 is 1.43 bits per heavy atom. The van der Waals surface area contributed by atoms with Gasteiger partial charge in [0, 0.05) is 4.90 Å². The van der Waals surface area contributed by atoms with Gasteiger partial charge in [-0.05, 0) is 36.4 Å². The molecule has 3 nitrogen and oxygen atoms in total. The Morgan fingerprint density at radius 1 is 0.614 bits per heavy atom. The van der Waals surface area contributed by atoms with Gasteiger partial charge in [0.25, 0.3) is 0 Å². The lowest BCUT2D eigenvalue weighted by atomic mass is 9.88. The largest absolute Gasteiger partial charge is 0.497 e. The lowest BCUT2D eigenvalue weighted by molar-refractivity contribution is -0.458. The molecule has 0 bridgehead atoms. The Kier molecular flexibility index (Phi) is 9.82. The van der Waals surface area contributed by atoms with Crippen LogP contribution in [-0.4, -0.2) is 70.4 Å². The van der Waals surface area contributed by atoms with Crippen molar-refractivity contribution in [3.8, 4) is 5.75 Å². The molecule has 0 radical (unpaired) electrons.